The molecule has 2 heterocycles. The van der Waals surface area contributed by atoms with Crippen LogP contribution in [-0.4, -0.2) is 21.3 Å². The molecular weight excluding hydrogens is 371 g/mol. The normalized spacial score (nSPS) is 13.6. The zero-order valence-corrected chi connectivity index (χ0v) is 15.5. The van der Waals surface area contributed by atoms with Gasteiger partial charge < -0.3 is 14.8 Å². The number of benzene rings is 1. The summed E-state index contributed by atoms with van der Waals surface area (Å²) in [5.74, 6) is -1.03. The highest BCUT2D eigenvalue weighted by atomic mass is 19.4. The number of amides is 2. The molecule has 2 amide bonds. The van der Waals surface area contributed by atoms with Crippen molar-refractivity contribution in [2.75, 3.05) is 5.32 Å². The van der Waals surface area contributed by atoms with Gasteiger partial charge in [0.25, 0.3) is 5.91 Å². The summed E-state index contributed by atoms with van der Waals surface area (Å²) >= 11 is 0. The maximum absolute atomic E-state index is 13.3. The first kappa shape index (κ1) is 19.7. The van der Waals surface area contributed by atoms with Crippen LogP contribution in [0.15, 0.2) is 43.2 Å². The van der Waals surface area contributed by atoms with Crippen LogP contribution in [0.3, 0.4) is 0 Å². The predicted octanol–water partition coefficient (Wildman–Crippen LogP) is 4.37. The Bertz CT molecular complexity index is 945. The fraction of sp³-hybridized carbons (Fsp3) is 0.300. The molecule has 0 bridgehead atoms. The first-order valence-electron chi connectivity index (χ1n) is 8.73. The molecule has 0 saturated heterocycles. The molecule has 1 N–H and O–H groups in total. The Labute approximate surface area is 160 Å². The fourth-order valence-corrected chi connectivity index (χ4v) is 3.14. The average molecular weight is 391 g/mol. The zero-order chi connectivity index (χ0) is 20.6. The standard InChI is InChI=1S/C20H20F3N3O2/c1-4-18(27)26-8-13-5-6-15(7-14(13)9-26)24-19(28)16-10-25(12(2)3)11-17(16)20(21,22)23/h4-7,10-12H,1,8-9H2,2-3H3,(H,24,28). The van der Waals surface area contributed by atoms with Gasteiger partial charge in [-0.3, -0.25) is 9.59 Å². The number of aromatic nitrogens is 1. The van der Waals surface area contributed by atoms with Gasteiger partial charge in [-0.2, -0.15) is 13.2 Å². The van der Waals surface area contributed by atoms with E-state index in [1.165, 1.54) is 16.8 Å². The van der Waals surface area contributed by atoms with Gasteiger partial charge >= 0.3 is 6.18 Å². The molecule has 0 unspecified atom stereocenters. The highest BCUT2D eigenvalue weighted by molar-refractivity contribution is 6.05. The summed E-state index contributed by atoms with van der Waals surface area (Å²) in [5.41, 5.74) is 0.744. The Balaban J connectivity index is 1.84. The Hall–Kier alpha value is -3.03. The van der Waals surface area contributed by atoms with Crippen molar-refractivity contribution in [3.8, 4) is 0 Å². The van der Waals surface area contributed by atoms with Gasteiger partial charge in [0.05, 0.1) is 11.1 Å². The number of fused-ring (bicyclic) bond motifs is 1. The number of halogens is 3. The minimum atomic E-state index is -4.63. The van der Waals surface area contributed by atoms with E-state index >= 15 is 0 Å². The third kappa shape index (κ3) is 3.81. The monoisotopic (exact) mass is 391 g/mol. The van der Waals surface area contributed by atoms with Gasteiger partial charge in [0.15, 0.2) is 0 Å². The van der Waals surface area contributed by atoms with Crippen molar-refractivity contribution < 1.29 is 22.8 Å². The van der Waals surface area contributed by atoms with E-state index in [-0.39, 0.29) is 11.9 Å². The van der Waals surface area contributed by atoms with Crippen LogP contribution in [0.4, 0.5) is 18.9 Å². The number of carbonyl (C=O) groups is 2. The number of anilines is 1. The molecular formula is C20H20F3N3O2. The summed E-state index contributed by atoms with van der Waals surface area (Å²) in [5, 5.41) is 2.53. The third-order valence-electron chi connectivity index (χ3n) is 4.67. The van der Waals surface area contributed by atoms with Crippen molar-refractivity contribution in [1.82, 2.24) is 9.47 Å². The lowest BCUT2D eigenvalue weighted by Gasteiger charge is -2.11. The number of alkyl halides is 3. The number of nitrogens with zero attached hydrogens (tertiary/aromatic N) is 2. The molecule has 28 heavy (non-hydrogen) atoms. The van der Waals surface area contributed by atoms with Crippen molar-refractivity contribution in [2.24, 2.45) is 0 Å². The molecule has 0 aliphatic carbocycles. The van der Waals surface area contributed by atoms with Crippen molar-refractivity contribution in [1.29, 1.82) is 0 Å². The Morgan fingerprint density at radius 3 is 2.46 bits per heavy atom. The van der Waals surface area contributed by atoms with Crippen LogP contribution in [0.25, 0.3) is 0 Å². The first-order valence-corrected chi connectivity index (χ1v) is 8.73. The van der Waals surface area contributed by atoms with Gasteiger partial charge in [-0.15, -0.1) is 0 Å². The highest BCUT2D eigenvalue weighted by Crippen LogP contribution is 2.34. The second kappa shape index (κ2) is 7.18. The molecule has 0 fully saturated rings. The Kier molecular flexibility index (Phi) is 5.06. The zero-order valence-electron chi connectivity index (χ0n) is 15.5. The molecule has 0 spiro atoms. The molecule has 8 heteroatoms. The summed E-state index contributed by atoms with van der Waals surface area (Å²) < 4.78 is 41.3. The van der Waals surface area contributed by atoms with Crippen molar-refractivity contribution in [3.63, 3.8) is 0 Å². The Morgan fingerprint density at radius 1 is 1.18 bits per heavy atom. The largest absolute Gasteiger partial charge is 0.418 e. The maximum Gasteiger partial charge on any atom is 0.418 e. The molecule has 148 valence electrons. The summed E-state index contributed by atoms with van der Waals surface area (Å²) in [6.07, 6.45) is -1.25. The van der Waals surface area contributed by atoms with E-state index in [0.717, 1.165) is 17.3 Å². The van der Waals surface area contributed by atoms with Crippen LogP contribution in [0.5, 0.6) is 0 Å². The molecule has 0 radical (unpaired) electrons. The van der Waals surface area contributed by atoms with E-state index in [1.54, 1.807) is 36.9 Å². The minimum Gasteiger partial charge on any atom is -0.350 e. The molecule has 1 aliphatic heterocycles. The smallest absolute Gasteiger partial charge is 0.350 e. The quantitative estimate of drug-likeness (QED) is 0.787. The van der Waals surface area contributed by atoms with Crippen molar-refractivity contribution in [3.05, 3.63) is 65.5 Å². The SMILES string of the molecule is C=CC(=O)N1Cc2ccc(NC(=O)c3cn(C(C)C)cc3C(F)(F)F)cc2C1. The number of rotatable bonds is 4. The first-order chi connectivity index (χ1) is 13.1. The minimum absolute atomic E-state index is 0.202. The highest BCUT2D eigenvalue weighted by Gasteiger charge is 2.37. The third-order valence-corrected chi connectivity index (χ3v) is 4.67. The lowest BCUT2D eigenvalue weighted by molar-refractivity contribution is -0.137. The van der Waals surface area contributed by atoms with Crippen molar-refractivity contribution >= 4 is 17.5 Å². The molecule has 1 aliphatic rings. The molecule has 2 aromatic rings. The number of carbonyl (C=O) groups excluding carboxylic acids is 2. The Morgan fingerprint density at radius 2 is 1.86 bits per heavy atom. The van der Waals surface area contributed by atoms with Crippen LogP contribution in [-0.2, 0) is 24.1 Å². The molecule has 3 rings (SSSR count). The van der Waals surface area contributed by atoms with Crippen LogP contribution in [0.1, 0.15) is 46.9 Å². The molecule has 5 nitrogen and oxygen atoms in total. The fourth-order valence-electron chi connectivity index (χ4n) is 3.14. The van der Waals surface area contributed by atoms with Crippen LogP contribution >= 0.6 is 0 Å². The summed E-state index contributed by atoms with van der Waals surface area (Å²) in [6.45, 7) is 7.73. The van der Waals surface area contributed by atoms with Crippen LogP contribution < -0.4 is 5.32 Å². The second-order valence-corrected chi connectivity index (χ2v) is 6.96. The lowest BCUT2D eigenvalue weighted by Crippen LogP contribution is -2.22. The lowest BCUT2D eigenvalue weighted by atomic mass is 10.1. The molecule has 1 aromatic heterocycles. The number of hydrogen-bond acceptors (Lipinski definition) is 2. The van der Waals surface area contributed by atoms with E-state index in [4.69, 9.17) is 0 Å². The maximum atomic E-state index is 13.3. The van der Waals surface area contributed by atoms with E-state index in [1.807, 2.05) is 0 Å². The van der Waals surface area contributed by atoms with Crippen LogP contribution in [0, 0.1) is 0 Å². The van der Waals surface area contributed by atoms with Gasteiger partial charge in [-0.05, 0) is 43.2 Å². The van der Waals surface area contributed by atoms with Crippen molar-refractivity contribution in [2.45, 2.75) is 39.2 Å². The summed E-state index contributed by atoms with van der Waals surface area (Å²) in [6, 6.07) is 4.84. The summed E-state index contributed by atoms with van der Waals surface area (Å²) in [4.78, 5) is 25.9. The number of nitrogens with one attached hydrogen (secondary N) is 1. The van der Waals surface area contributed by atoms with Gasteiger partial charge in [0, 0.05) is 37.2 Å². The van der Waals surface area contributed by atoms with Crippen LogP contribution in [0.2, 0.25) is 0 Å². The molecule has 1 aromatic carbocycles. The van der Waals surface area contributed by atoms with E-state index in [2.05, 4.69) is 11.9 Å². The van der Waals surface area contributed by atoms with Gasteiger partial charge in [-0.1, -0.05) is 12.6 Å². The average Bonchev–Trinajstić information content (AvgIpc) is 3.24. The van der Waals surface area contributed by atoms with Gasteiger partial charge in [0.2, 0.25) is 5.91 Å². The van der Waals surface area contributed by atoms with E-state index in [9.17, 15) is 22.8 Å². The van der Waals surface area contributed by atoms with E-state index < -0.39 is 23.2 Å². The molecule has 0 atom stereocenters. The summed E-state index contributed by atoms with van der Waals surface area (Å²) in [7, 11) is 0. The van der Waals surface area contributed by atoms with E-state index in [0.29, 0.717) is 18.8 Å². The van der Waals surface area contributed by atoms with Gasteiger partial charge in [-0.25, -0.2) is 0 Å². The number of hydrogen-bond donors (Lipinski definition) is 1. The predicted molar refractivity (Wildman–Crippen MR) is 98.7 cm³/mol. The second-order valence-electron chi connectivity index (χ2n) is 6.96. The topological polar surface area (TPSA) is 54.3 Å². The molecule has 0 saturated carbocycles. The van der Waals surface area contributed by atoms with Gasteiger partial charge in [0.1, 0.15) is 0 Å².